The molecule has 0 saturated heterocycles. The van der Waals surface area contributed by atoms with Crippen LogP contribution in [0.2, 0.25) is 0 Å². The van der Waals surface area contributed by atoms with Crippen LogP contribution in [0, 0.1) is 5.82 Å². The maximum Gasteiger partial charge on any atom is 0.208 e. The van der Waals surface area contributed by atoms with Gasteiger partial charge in [0.05, 0.1) is 0 Å². The number of aryl methyl sites for hydroxylation is 2. The van der Waals surface area contributed by atoms with Crippen LogP contribution in [0.25, 0.3) is 0 Å². The normalized spacial score (nSPS) is 20.9. The van der Waals surface area contributed by atoms with Crippen LogP contribution in [-0.4, -0.2) is 11.8 Å². The first-order chi connectivity index (χ1) is 9.06. The van der Waals surface area contributed by atoms with Crippen LogP contribution in [0.4, 0.5) is 4.39 Å². The number of nitrogens with one attached hydrogen (secondary N) is 1. The summed E-state index contributed by atoms with van der Waals surface area (Å²) in [6, 6.07) is 3.44. The molecule has 0 spiro atoms. The third kappa shape index (κ3) is 2.27. The van der Waals surface area contributed by atoms with E-state index in [-0.39, 0.29) is 12.0 Å². The van der Waals surface area contributed by atoms with E-state index in [0.717, 1.165) is 24.8 Å². The maximum atomic E-state index is 14.1. The van der Waals surface area contributed by atoms with E-state index < -0.39 is 5.60 Å². The van der Waals surface area contributed by atoms with Crippen molar-refractivity contribution in [3.63, 3.8) is 0 Å². The fourth-order valence-corrected chi connectivity index (χ4v) is 2.63. The minimum absolute atomic E-state index is 0.292. The molecule has 0 aromatic heterocycles. The van der Waals surface area contributed by atoms with Gasteiger partial charge in [0.1, 0.15) is 6.26 Å². The first-order valence-electron chi connectivity index (χ1n) is 6.63. The summed E-state index contributed by atoms with van der Waals surface area (Å²) in [5, 5.41) is 3.04. The fraction of sp³-hybridized carbons (Fsp3) is 0.467. The lowest BCUT2D eigenvalue weighted by molar-refractivity contribution is -0.0369. The van der Waals surface area contributed by atoms with Crippen LogP contribution in [-0.2, 0) is 17.6 Å². The molecule has 2 aliphatic rings. The lowest BCUT2D eigenvalue weighted by Crippen LogP contribution is -2.48. The Balaban J connectivity index is 1.83. The van der Waals surface area contributed by atoms with Gasteiger partial charge in [-0.25, -0.2) is 4.39 Å². The molecule has 0 fully saturated rings. The highest BCUT2D eigenvalue weighted by Gasteiger charge is 2.35. The molecule has 0 unspecified atom stereocenters. The molecule has 1 aliphatic carbocycles. The Labute approximate surface area is 112 Å². The topological polar surface area (TPSA) is 30.5 Å². The zero-order valence-electron chi connectivity index (χ0n) is 11.2. The summed E-state index contributed by atoms with van der Waals surface area (Å²) in [5.74, 6) is 0.0163. The number of fused-ring (bicyclic) bond motifs is 1. The van der Waals surface area contributed by atoms with E-state index in [1.807, 2.05) is 19.9 Å². The van der Waals surface area contributed by atoms with Crippen molar-refractivity contribution in [3.05, 3.63) is 41.5 Å². The zero-order chi connectivity index (χ0) is 13.5. The SMILES string of the molecule is CC(C)(Oc1cc2c(cc1F)CCC2)[C@H]1NC=CO1. The summed E-state index contributed by atoms with van der Waals surface area (Å²) in [5.41, 5.74) is 1.65. The summed E-state index contributed by atoms with van der Waals surface area (Å²) in [7, 11) is 0. The Bertz CT molecular complexity index is 517. The monoisotopic (exact) mass is 263 g/mol. The molecule has 0 radical (unpaired) electrons. The van der Waals surface area contributed by atoms with Gasteiger partial charge >= 0.3 is 0 Å². The minimum atomic E-state index is -0.656. The van der Waals surface area contributed by atoms with E-state index in [4.69, 9.17) is 9.47 Å². The van der Waals surface area contributed by atoms with Crippen molar-refractivity contribution in [1.29, 1.82) is 0 Å². The highest BCUT2D eigenvalue weighted by atomic mass is 19.1. The van der Waals surface area contributed by atoms with Gasteiger partial charge in [-0.05, 0) is 56.4 Å². The Kier molecular flexibility index (Phi) is 2.88. The molecule has 1 aliphatic heterocycles. The van der Waals surface area contributed by atoms with Crippen LogP contribution < -0.4 is 10.1 Å². The molecule has 4 heteroatoms. The molecular formula is C15H18FNO2. The van der Waals surface area contributed by atoms with Gasteiger partial charge < -0.3 is 14.8 Å². The van der Waals surface area contributed by atoms with Gasteiger partial charge in [0, 0.05) is 6.20 Å². The summed E-state index contributed by atoms with van der Waals surface area (Å²) in [6.07, 6.45) is 6.06. The second-order valence-corrected chi connectivity index (χ2v) is 5.60. The van der Waals surface area contributed by atoms with Gasteiger partial charge in [-0.1, -0.05) is 0 Å². The van der Waals surface area contributed by atoms with Crippen molar-refractivity contribution in [2.75, 3.05) is 0 Å². The molecular weight excluding hydrogens is 245 g/mol. The Morgan fingerprint density at radius 1 is 1.32 bits per heavy atom. The first-order valence-corrected chi connectivity index (χ1v) is 6.63. The van der Waals surface area contributed by atoms with Crippen molar-refractivity contribution in [1.82, 2.24) is 5.32 Å². The summed E-state index contributed by atoms with van der Waals surface area (Å²) in [6.45, 7) is 3.76. The second-order valence-electron chi connectivity index (χ2n) is 5.60. The van der Waals surface area contributed by atoms with Crippen LogP contribution in [0.15, 0.2) is 24.6 Å². The van der Waals surface area contributed by atoms with Gasteiger partial charge in [-0.15, -0.1) is 0 Å². The lowest BCUT2D eigenvalue weighted by atomic mass is 10.1. The molecule has 3 nitrogen and oxygen atoms in total. The number of ether oxygens (including phenoxy) is 2. The Morgan fingerprint density at radius 3 is 2.74 bits per heavy atom. The number of hydrogen-bond donors (Lipinski definition) is 1. The fourth-order valence-electron chi connectivity index (χ4n) is 2.63. The Morgan fingerprint density at radius 2 is 2.05 bits per heavy atom. The van der Waals surface area contributed by atoms with E-state index in [1.165, 1.54) is 5.56 Å². The third-order valence-corrected chi connectivity index (χ3v) is 3.68. The molecule has 0 saturated carbocycles. The predicted molar refractivity (Wildman–Crippen MR) is 70.3 cm³/mol. The van der Waals surface area contributed by atoms with Crippen molar-refractivity contribution in [3.8, 4) is 5.75 Å². The van der Waals surface area contributed by atoms with E-state index in [9.17, 15) is 4.39 Å². The van der Waals surface area contributed by atoms with Crippen LogP contribution >= 0.6 is 0 Å². The van der Waals surface area contributed by atoms with Gasteiger partial charge in [0.2, 0.25) is 6.23 Å². The van der Waals surface area contributed by atoms with Crippen molar-refractivity contribution >= 4 is 0 Å². The molecule has 19 heavy (non-hydrogen) atoms. The highest BCUT2D eigenvalue weighted by Crippen LogP contribution is 2.32. The molecule has 1 heterocycles. The van der Waals surface area contributed by atoms with Crippen LogP contribution in [0.5, 0.6) is 5.75 Å². The average molecular weight is 263 g/mol. The maximum absolute atomic E-state index is 14.1. The summed E-state index contributed by atoms with van der Waals surface area (Å²) in [4.78, 5) is 0. The van der Waals surface area contributed by atoms with Gasteiger partial charge in [0.25, 0.3) is 0 Å². The summed E-state index contributed by atoms with van der Waals surface area (Å²) >= 11 is 0. The predicted octanol–water partition coefficient (Wildman–Crippen LogP) is 2.89. The molecule has 1 aromatic rings. The first kappa shape index (κ1) is 12.3. The van der Waals surface area contributed by atoms with Gasteiger partial charge in [-0.3, -0.25) is 0 Å². The number of hydrogen-bond acceptors (Lipinski definition) is 3. The Hall–Kier alpha value is -1.71. The van der Waals surface area contributed by atoms with E-state index in [1.54, 1.807) is 18.5 Å². The minimum Gasteiger partial charge on any atom is -0.479 e. The standard InChI is InChI=1S/C15H18FNO2/c1-15(2,14-17-6-7-18-14)19-13-9-11-5-3-4-10(11)8-12(13)16/h6-9,14,17H,3-5H2,1-2H3/t14-/m0/s1. The molecule has 1 atom stereocenters. The average Bonchev–Trinajstić information content (AvgIpc) is 2.98. The zero-order valence-corrected chi connectivity index (χ0v) is 11.2. The van der Waals surface area contributed by atoms with Crippen molar-refractivity contribution in [2.24, 2.45) is 0 Å². The van der Waals surface area contributed by atoms with E-state index in [0.29, 0.717) is 5.75 Å². The van der Waals surface area contributed by atoms with Crippen LogP contribution in [0.3, 0.4) is 0 Å². The smallest absolute Gasteiger partial charge is 0.208 e. The molecule has 0 amide bonds. The second kappa shape index (κ2) is 4.44. The molecule has 102 valence electrons. The lowest BCUT2D eigenvalue weighted by Gasteiger charge is -2.32. The van der Waals surface area contributed by atoms with E-state index in [2.05, 4.69) is 5.32 Å². The van der Waals surface area contributed by atoms with Crippen LogP contribution in [0.1, 0.15) is 31.4 Å². The quantitative estimate of drug-likeness (QED) is 0.909. The summed E-state index contributed by atoms with van der Waals surface area (Å²) < 4.78 is 25.3. The van der Waals surface area contributed by atoms with E-state index >= 15 is 0 Å². The third-order valence-electron chi connectivity index (χ3n) is 3.68. The molecule has 1 N–H and O–H groups in total. The van der Waals surface area contributed by atoms with Crippen molar-refractivity contribution < 1.29 is 13.9 Å². The number of benzene rings is 1. The molecule has 1 aromatic carbocycles. The number of halogens is 1. The molecule has 3 rings (SSSR count). The molecule has 0 bridgehead atoms. The number of rotatable bonds is 3. The van der Waals surface area contributed by atoms with Crippen molar-refractivity contribution in [2.45, 2.75) is 44.9 Å². The highest BCUT2D eigenvalue weighted by molar-refractivity contribution is 5.40. The van der Waals surface area contributed by atoms with Gasteiger partial charge in [-0.2, -0.15) is 0 Å². The van der Waals surface area contributed by atoms with Gasteiger partial charge in [0.15, 0.2) is 17.2 Å². The largest absolute Gasteiger partial charge is 0.479 e.